The highest BCUT2D eigenvalue weighted by Gasteiger charge is 2.53. The van der Waals surface area contributed by atoms with Crippen molar-refractivity contribution in [2.45, 2.75) is 29.9 Å². The van der Waals surface area contributed by atoms with Crippen molar-refractivity contribution in [1.29, 1.82) is 0 Å². The number of amides is 1. The highest BCUT2D eigenvalue weighted by Crippen LogP contribution is 2.50. The molecule has 0 unspecified atom stereocenters. The van der Waals surface area contributed by atoms with Crippen molar-refractivity contribution in [3.63, 3.8) is 0 Å². The fraction of sp³-hybridized carbons (Fsp3) is 0.381. The van der Waals surface area contributed by atoms with Crippen LogP contribution in [0.3, 0.4) is 0 Å². The lowest BCUT2D eigenvalue weighted by molar-refractivity contribution is -0.133. The third-order valence-corrected chi connectivity index (χ3v) is 8.29. The van der Waals surface area contributed by atoms with E-state index in [0.29, 0.717) is 36.4 Å². The number of hydrogen-bond donors (Lipinski definition) is 0. The molecule has 0 aromatic heterocycles. The molecule has 2 aromatic rings. The molecular weight excluding hydrogens is 401 g/mol. The molecule has 1 aliphatic carbocycles. The van der Waals surface area contributed by atoms with Gasteiger partial charge in [0.25, 0.3) is 0 Å². The van der Waals surface area contributed by atoms with Crippen LogP contribution in [0.25, 0.3) is 0 Å². The first-order chi connectivity index (χ1) is 13.3. The number of hydrogen-bond acceptors (Lipinski definition) is 3. The number of halogens is 2. The standard InChI is InChI=1S/C21H21ClFNO3S/c22-18-4-2-1-3-17(18)19-9-12-24(13-14-28(19,26)27)20(25)21(10-11-21)15-5-7-16(23)8-6-15/h1-8,19H,9-14H2/t19-/m1/s1. The van der Waals surface area contributed by atoms with Gasteiger partial charge in [0, 0.05) is 18.1 Å². The number of benzene rings is 2. The van der Waals surface area contributed by atoms with E-state index in [2.05, 4.69) is 0 Å². The van der Waals surface area contributed by atoms with Crippen LogP contribution in [0.1, 0.15) is 35.6 Å². The van der Waals surface area contributed by atoms with Crippen LogP contribution in [0.15, 0.2) is 48.5 Å². The molecule has 0 radical (unpaired) electrons. The number of rotatable bonds is 3. The molecule has 0 spiro atoms. The molecule has 7 heteroatoms. The van der Waals surface area contributed by atoms with Crippen LogP contribution in [-0.4, -0.2) is 38.1 Å². The maximum absolute atomic E-state index is 13.3. The van der Waals surface area contributed by atoms with Gasteiger partial charge in [0.2, 0.25) is 5.91 Å². The molecule has 28 heavy (non-hydrogen) atoms. The van der Waals surface area contributed by atoms with E-state index in [-0.39, 0.29) is 24.0 Å². The molecule has 1 amide bonds. The van der Waals surface area contributed by atoms with Crippen molar-refractivity contribution in [2.24, 2.45) is 0 Å². The molecule has 0 N–H and O–H groups in total. The predicted molar refractivity (Wildman–Crippen MR) is 106 cm³/mol. The van der Waals surface area contributed by atoms with Crippen LogP contribution in [0, 0.1) is 5.82 Å². The lowest BCUT2D eigenvalue weighted by Gasteiger charge is -2.26. The van der Waals surface area contributed by atoms with Gasteiger partial charge in [-0.15, -0.1) is 0 Å². The second kappa shape index (κ2) is 7.16. The molecule has 2 aliphatic rings. The van der Waals surface area contributed by atoms with Crippen LogP contribution in [0.5, 0.6) is 0 Å². The Morgan fingerprint density at radius 3 is 2.39 bits per heavy atom. The normalized spacial score (nSPS) is 23.1. The summed E-state index contributed by atoms with van der Waals surface area (Å²) in [5.74, 6) is -0.488. The van der Waals surface area contributed by atoms with Crippen molar-refractivity contribution in [1.82, 2.24) is 4.90 Å². The first kappa shape index (κ1) is 19.4. The molecular formula is C21H21ClFNO3S. The Kier molecular flexibility index (Phi) is 4.96. The van der Waals surface area contributed by atoms with E-state index in [4.69, 9.17) is 11.6 Å². The minimum atomic E-state index is -3.43. The third-order valence-electron chi connectivity index (χ3n) is 5.84. The zero-order valence-corrected chi connectivity index (χ0v) is 16.8. The molecule has 4 nitrogen and oxygen atoms in total. The minimum Gasteiger partial charge on any atom is -0.341 e. The molecule has 2 fully saturated rings. The van der Waals surface area contributed by atoms with Gasteiger partial charge < -0.3 is 4.90 Å². The maximum atomic E-state index is 13.3. The van der Waals surface area contributed by atoms with Gasteiger partial charge in [-0.05, 0) is 48.6 Å². The van der Waals surface area contributed by atoms with Crippen molar-refractivity contribution in [3.8, 4) is 0 Å². The Morgan fingerprint density at radius 1 is 1.07 bits per heavy atom. The molecule has 4 rings (SSSR count). The van der Waals surface area contributed by atoms with E-state index in [1.54, 1.807) is 41.3 Å². The second-order valence-corrected chi connectivity index (χ2v) is 10.3. The van der Waals surface area contributed by atoms with E-state index in [0.717, 1.165) is 5.56 Å². The number of carbonyl (C=O) groups is 1. The van der Waals surface area contributed by atoms with Crippen molar-refractivity contribution in [2.75, 3.05) is 18.8 Å². The summed E-state index contributed by atoms with van der Waals surface area (Å²) >= 11 is 6.24. The van der Waals surface area contributed by atoms with Gasteiger partial charge in [0.1, 0.15) is 5.82 Å². The lowest BCUT2D eigenvalue weighted by atomic mass is 9.94. The Balaban J connectivity index is 1.57. The van der Waals surface area contributed by atoms with E-state index >= 15 is 0 Å². The van der Waals surface area contributed by atoms with Crippen molar-refractivity contribution in [3.05, 3.63) is 70.5 Å². The monoisotopic (exact) mass is 421 g/mol. The first-order valence-electron chi connectivity index (χ1n) is 9.35. The summed E-state index contributed by atoms with van der Waals surface area (Å²) in [6.07, 6.45) is 1.72. The average molecular weight is 422 g/mol. The Morgan fingerprint density at radius 2 is 1.75 bits per heavy atom. The van der Waals surface area contributed by atoms with Crippen molar-refractivity contribution >= 4 is 27.3 Å². The van der Waals surface area contributed by atoms with Gasteiger partial charge in [0.15, 0.2) is 9.84 Å². The van der Waals surface area contributed by atoms with E-state index in [1.165, 1.54) is 12.1 Å². The van der Waals surface area contributed by atoms with Crippen LogP contribution >= 0.6 is 11.6 Å². The summed E-state index contributed by atoms with van der Waals surface area (Å²) in [5, 5.41) is -0.277. The van der Waals surface area contributed by atoms with E-state index in [9.17, 15) is 17.6 Å². The van der Waals surface area contributed by atoms with Gasteiger partial charge in [-0.3, -0.25) is 4.79 Å². The molecule has 1 atom stereocenters. The summed E-state index contributed by atoms with van der Waals surface area (Å²) in [7, 11) is -3.43. The third kappa shape index (κ3) is 3.44. The van der Waals surface area contributed by atoms with Gasteiger partial charge in [-0.25, -0.2) is 12.8 Å². The first-order valence-corrected chi connectivity index (χ1v) is 11.4. The van der Waals surface area contributed by atoms with Gasteiger partial charge >= 0.3 is 0 Å². The fourth-order valence-electron chi connectivity index (χ4n) is 4.06. The molecule has 0 bridgehead atoms. The second-order valence-electron chi connectivity index (χ2n) is 7.55. The van der Waals surface area contributed by atoms with E-state index < -0.39 is 20.5 Å². The Hall–Kier alpha value is -1.92. The molecule has 1 aliphatic heterocycles. The van der Waals surface area contributed by atoms with Gasteiger partial charge in [-0.1, -0.05) is 41.9 Å². The topological polar surface area (TPSA) is 54.5 Å². The molecule has 1 saturated carbocycles. The van der Waals surface area contributed by atoms with Gasteiger partial charge in [-0.2, -0.15) is 0 Å². The lowest BCUT2D eigenvalue weighted by Crippen LogP contribution is -2.41. The maximum Gasteiger partial charge on any atom is 0.233 e. The smallest absolute Gasteiger partial charge is 0.233 e. The fourth-order valence-corrected chi connectivity index (χ4v) is 6.20. The Bertz CT molecular complexity index is 1000. The quantitative estimate of drug-likeness (QED) is 0.755. The summed E-state index contributed by atoms with van der Waals surface area (Å²) in [6.45, 7) is 0.530. The Labute approximate surface area is 169 Å². The zero-order valence-electron chi connectivity index (χ0n) is 15.3. The predicted octanol–water partition coefficient (Wildman–Crippen LogP) is 3.90. The number of sulfone groups is 1. The molecule has 2 aromatic carbocycles. The zero-order chi connectivity index (χ0) is 19.9. The van der Waals surface area contributed by atoms with Gasteiger partial charge in [0.05, 0.1) is 16.4 Å². The SMILES string of the molecule is O=C(N1CC[C@H](c2ccccc2Cl)S(=O)(=O)CC1)C1(c2ccc(F)cc2)CC1. The van der Waals surface area contributed by atoms with Crippen LogP contribution in [0.4, 0.5) is 4.39 Å². The number of carbonyl (C=O) groups excluding carboxylic acids is 1. The highest BCUT2D eigenvalue weighted by atomic mass is 35.5. The molecule has 1 saturated heterocycles. The van der Waals surface area contributed by atoms with Crippen LogP contribution in [-0.2, 0) is 20.0 Å². The summed E-state index contributed by atoms with van der Waals surface area (Å²) in [5.41, 5.74) is 0.758. The summed E-state index contributed by atoms with van der Waals surface area (Å²) < 4.78 is 39.0. The summed E-state index contributed by atoms with van der Waals surface area (Å²) in [4.78, 5) is 14.9. The highest BCUT2D eigenvalue weighted by molar-refractivity contribution is 7.91. The number of nitrogens with zero attached hydrogens (tertiary/aromatic N) is 1. The van der Waals surface area contributed by atoms with E-state index in [1.807, 2.05) is 0 Å². The van der Waals surface area contributed by atoms with Crippen molar-refractivity contribution < 1.29 is 17.6 Å². The average Bonchev–Trinajstić information content (AvgIpc) is 3.48. The summed E-state index contributed by atoms with van der Waals surface area (Å²) in [6, 6.07) is 13.0. The molecule has 148 valence electrons. The molecule has 1 heterocycles. The minimum absolute atomic E-state index is 0.0610. The largest absolute Gasteiger partial charge is 0.341 e. The van der Waals surface area contributed by atoms with Crippen LogP contribution < -0.4 is 0 Å². The van der Waals surface area contributed by atoms with Crippen LogP contribution in [0.2, 0.25) is 5.02 Å².